The van der Waals surface area contributed by atoms with Crippen LogP contribution in [0, 0.1) is 17.6 Å². The number of anilines is 2. The molecule has 3 aromatic carbocycles. The van der Waals surface area contributed by atoms with Gasteiger partial charge in [0.05, 0.1) is 33.0 Å². The number of imidazole rings is 1. The van der Waals surface area contributed by atoms with Crippen molar-refractivity contribution in [2.45, 2.75) is 61.8 Å². The third-order valence-corrected chi connectivity index (χ3v) is 14.4. The lowest BCUT2D eigenvalue weighted by Crippen LogP contribution is -2.46. The highest BCUT2D eigenvalue weighted by Gasteiger charge is 2.68. The molecule has 20 heteroatoms. The minimum absolute atomic E-state index is 0.0944. The van der Waals surface area contributed by atoms with E-state index in [-0.39, 0.29) is 35.7 Å². The van der Waals surface area contributed by atoms with Crippen LogP contribution < -0.4 is 20.4 Å². The quantitative estimate of drug-likeness (QED) is 0.124. The molecule has 1 spiro atoms. The van der Waals surface area contributed by atoms with Gasteiger partial charge in [-0.2, -0.15) is 32.0 Å². The first-order valence-electron chi connectivity index (χ1n) is 21.2. The fourth-order valence-electron chi connectivity index (χ4n) is 10.0. The molecule has 12 rings (SSSR count). The number of nitrogens with zero attached hydrogens (tertiary/aromatic N) is 7. The summed E-state index contributed by atoms with van der Waals surface area (Å²) in [5.41, 5.74) is 1.19. The van der Waals surface area contributed by atoms with Gasteiger partial charge in [0.1, 0.15) is 23.9 Å². The number of pyridine rings is 1. The predicted molar refractivity (Wildman–Crippen MR) is 225 cm³/mol. The Bertz CT molecular complexity index is 3100. The number of fused-ring (bicyclic) bond motifs is 7. The molecule has 2 amide bonds. The van der Waals surface area contributed by atoms with E-state index >= 15 is 8.78 Å². The number of hydrogen-bond acceptors (Lipinski definition) is 9. The number of aromatic nitrogens is 6. The first kappa shape index (κ1) is 40.0. The van der Waals surface area contributed by atoms with Crippen LogP contribution in [0.4, 0.5) is 41.8 Å². The summed E-state index contributed by atoms with van der Waals surface area (Å²) < 4.78 is 104. The Morgan fingerprint density at radius 2 is 1.68 bits per heavy atom. The van der Waals surface area contributed by atoms with Gasteiger partial charge in [-0.05, 0) is 84.7 Å². The fourth-order valence-corrected chi connectivity index (χ4v) is 11.0. The standard InChI is InChI=1S/C45H35F7N10O2S/c46-23-13-21(14-24(47)17-23)15-32(53-34(63)20-62-38-35(37(59-62)45(50,51)52)26-18-29(26)44(38,48)49)36-25(22-5-6-28-27(16-22)40(64)58-43(28)7-8-43)19-33-39(56-36)57-42(65-33)61-11-9-60(10-12-61)41-54-30-3-1-2-4-31(30)55-41/h1-6,13-14,16-17,19,26,29,32H,7-12,15,18,20H2,(H,53,63)(H,54,55)(H,58,64)/t26-,29+,32-/m0/s1. The molecule has 2 aliphatic heterocycles. The van der Waals surface area contributed by atoms with Crippen LogP contribution in [0.3, 0.4) is 0 Å². The van der Waals surface area contributed by atoms with Gasteiger partial charge in [0.15, 0.2) is 16.5 Å². The van der Waals surface area contributed by atoms with Crippen LogP contribution in [0.2, 0.25) is 0 Å². The number of hydrogen-bond donors (Lipinski definition) is 3. The third-order valence-electron chi connectivity index (χ3n) is 13.3. The van der Waals surface area contributed by atoms with Gasteiger partial charge >= 0.3 is 6.18 Å². The number of halogens is 7. The molecule has 3 aliphatic carbocycles. The molecular formula is C45H35F7N10O2S. The number of aromatic amines is 1. The summed E-state index contributed by atoms with van der Waals surface area (Å²) in [5.74, 6) is -8.26. The summed E-state index contributed by atoms with van der Waals surface area (Å²) in [6.45, 7) is 1.44. The topological polar surface area (TPSA) is 137 Å². The summed E-state index contributed by atoms with van der Waals surface area (Å²) >= 11 is 1.38. The van der Waals surface area contributed by atoms with E-state index in [1.807, 2.05) is 42.5 Å². The molecule has 5 aliphatic rings. The summed E-state index contributed by atoms with van der Waals surface area (Å²) in [6.07, 6.45) is -3.87. The zero-order valence-electron chi connectivity index (χ0n) is 33.9. The van der Waals surface area contributed by atoms with Crippen molar-refractivity contribution in [3.8, 4) is 11.1 Å². The van der Waals surface area contributed by atoms with Gasteiger partial charge in [-0.25, -0.2) is 18.7 Å². The molecule has 332 valence electrons. The van der Waals surface area contributed by atoms with Crippen molar-refractivity contribution in [1.82, 2.24) is 40.3 Å². The summed E-state index contributed by atoms with van der Waals surface area (Å²) in [4.78, 5) is 49.7. The lowest BCUT2D eigenvalue weighted by atomic mass is 9.92. The maximum absolute atomic E-state index is 15.5. The Morgan fingerprint density at radius 3 is 2.42 bits per heavy atom. The van der Waals surface area contributed by atoms with Gasteiger partial charge < -0.3 is 25.4 Å². The fraction of sp³-hybridized carbons (Fsp3) is 0.333. The number of piperazine rings is 1. The highest BCUT2D eigenvalue weighted by Crippen LogP contribution is 2.68. The van der Waals surface area contributed by atoms with Crippen LogP contribution in [0.25, 0.3) is 32.5 Å². The Balaban J connectivity index is 0.928. The average molecular weight is 913 g/mol. The summed E-state index contributed by atoms with van der Waals surface area (Å²) in [5, 5.41) is 10.0. The Labute approximate surface area is 367 Å². The van der Waals surface area contributed by atoms with Gasteiger partial charge in [0, 0.05) is 54.9 Å². The van der Waals surface area contributed by atoms with E-state index in [1.165, 1.54) is 11.3 Å². The van der Waals surface area contributed by atoms with E-state index in [0.717, 1.165) is 47.5 Å². The van der Waals surface area contributed by atoms with Crippen molar-refractivity contribution < 1.29 is 40.3 Å². The van der Waals surface area contributed by atoms with Crippen molar-refractivity contribution in [3.05, 3.63) is 118 Å². The van der Waals surface area contributed by atoms with Gasteiger partial charge in [0.2, 0.25) is 11.9 Å². The van der Waals surface area contributed by atoms with Crippen LogP contribution in [0.5, 0.6) is 0 Å². The van der Waals surface area contributed by atoms with Gasteiger partial charge in [0.25, 0.3) is 11.8 Å². The second kappa shape index (κ2) is 14.0. The summed E-state index contributed by atoms with van der Waals surface area (Å²) in [7, 11) is 0. The van der Waals surface area contributed by atoms with Gasteiger partial charge in [-0.1, -0.05) is 35.6 Å². The van der Waals surface area contributed by atoms with Crippen LogP contribution in [0.1, 0.15) is 75.4 Å². The maximum atomic E-state index is 15.5. The molecule has 12 nitrogen and oxygen atoms in total. The number of para-hydroxylation sites is 2. The largest absolute Gasteiger partial charge is 0.435 e. The van der Waals surface area contributed by atoms with Crippen molar-refractivity contribution >= 4 is 55.6 Å². The number of carbonyl (C=O) groups excluding carboxylic acids is 2. The summed E-state index contributed by atoms with van der Waals surface area (Å²) in [6, 6.07) is 16.6. The number of H-pyrrole nitrogens is 1. The molecule has 3 atom stereocenters. The van der Waals surface area contributed by atoms with Crippen LogP contribution in [0.15, 0.2) is 66.7 Å². The van der Waals surface area contributed by atoms with Crippen molar-refractivity contribution in [2.75, 3.05) is 36.0 Å². The number of alkyl halides is 5. The predicted octanol–water partition coefficient (Wildman–Crippen LogP) is 8.10. The number of amides is 2. The molecule has 3 fully saturated rings. The van der Waals surface area contributed by atoms with E-state index < -0.39 is 76.6 Å². The molecule has 0 unspecified atom stereocenters. The molecule has 0 bridgehead atoms. The first-order chi connectivity index (χ1) is 31.1. The van der Waals surface area contributed by atoms with E-state index in [4.69, 9.17) is 15.0 Å². The molecule has 7 aromatic rings. The normalized spacial score (nSPS) is 20.6. The number of nitrogens with one attached hydrogen (secondary N) is 3. The second-order valence-corrected chi connectivity index (χ2v) is 18.5. The zero-order valence-corrected chi connectivity index (χ0v) is 34.8. The molecule has 0 radical (unpaired) electrons. The smallest absolute Gasteiger partial charge is 0.346 e. The van der Waals surface area contributed by atoms with Crippen LogP contribution >= 0.6 is 11.3 Å². The highest BCUT2D eigenvalue weighted by molar-refractivity contribution is 7.22. The first-order valence-corrected chi connectivity index (χ1v) is 22.0. The van der Waals surface area contributed by atoms with E-state index in [2.05, 4.69) is 30.5 Å². The lowest BCUT2D eigenvalue weighted by Gasteiger charge is -2.34. The average Bonchev–Trinajstić information content (AvgIpc) is 3.99. The SMILES string of the molecule is O=C(Cn1nc(C(F)(F)F)c2c1C(F)(F)[C@@H]1C[C@H]21)N[C@@H](Cc1cc(F)cc(F)c1)c1nc2nc(N3CCN(c4nc5ccccc5[nH]4)CC3)sc2cc1-c1ccc2c(c1)C(=O)NC21CC1. The molecule has 6 heterocycles. The molecule has 4 aromatic heterocycles. The Kier molecular flexibility index (Phi) is 8.59. The maximum Gasteiger partial charge on any atom is 0.435 e. The van der Waals surface area contributed by atoms with Crippen LogP contribution in [-0.4, -0.2) is 67.7 Å². The van der Waals surface area contributed by atoms with Crippen molar-refractivity contribution in [3.63, 3.8) is 0 Å². The monoisotopic (exact) mass is 912 g/mol. The Hall–Kier alpha value is -6.57. The molecule has 2 saturated carbocycles. The zero-order chi connectivity index (χ0) is 44.7. The number of benzene rings is 3. The van der Waals surface area contributed by atoms with Crippen molar-refractivity contribution in [1.29, 1.82) is 0 Å². The Morgan fingerprint density at radius 1 is 0.923 bits per heavy atom. The van der Waals surface area contributed by atoms with Gasteiger partial charge in [-0.15, -0.1) is 0 Å². The van der Waals surface area contributed by atoms with E-state index in [9.17, 15) is 31.5 Å². The highest BCUT2D eigenvalue weighted by atomic mass is 32.1. The molecule has 3 N–H and O–H groups in total. The number of rotatable bonds is 9. The number of carbonyl (C=O) groups is 2. The lowest BCUT2D eigenvalue weighted by molar-refractivity contribution is -0.142. The van der Waals surface area contributed by atoms with Crippen LogP contribution in [-0.2, 0) is 35.4 Å². The minimum Gasteiger partial charge on any atom is -0.346 e. The van der Waals surface area contributed by atoms with Crippen molar-refractivity contribution in [2.24, 2.45) is 5.92 Å². The second-order valence-electron chi connectivity index (χ2n) is 17.5. The third kappa shape index (κ3) is 6.61. The van der Waals surface area contributed by atoms with Gasteiger partial charge in [-0.3, -0.25) is 14.3 Å². The molecule has 1 saturated heterocycles. The molecular weight excluding hydrogens is 878 g/mol. The molecule has 65 heavy (non-hydrogen) atoms. The number of thiazole rings is 1. The van der Waals surface area contributed by atoms with E-state index in [0.29, 0.717) is 63.4 Å². The van der Waals surface area contributed by atoms with E-state index in [1.54, 1.807) is 6.07 Å². The minimum atomic E-state index is -5.04.